The average Bonchev–Trinajstić information content (AvgIpc) is 3.74. The summed E-state index contributed by atoms with van der Waals surface area (Å²) in [6.07, 6.45) is 0. The van der Waals surface area contributed by atoms with E-state index >= 15 is 0 Å². The van der Waals surface area contributed by atoms with Crippen LogP contribution >= 0.6 is 0 Å². The van der Waals surface area contributed by atoms with Gasteiger partial charge in [-0.15, -0.1) is 0 Å². The van der Waals surface area contributed by atoms with Crippen molar-refractivity contribution in [3.63, 3.8) is 0 Å². The summed E-state index contributed by atoms with van der Waals surface area (Å²) in [4.78, 5) is 2.38. The van der Waals surface area contributed by atoms with Crippen LogP contribution in [0.3, 0.4) is 0 Å². The lowest BCUT2D eigenvalue weighted by atomic mass is 9.96. The first-order chi connectivity index (χ1) is 30.7. The summed E-state index contributed by atoms with van der Waals surface area (Å²) in [6.45, 7) is 0. The van der Waals surface area contributed by atoms with Crippen LogP contribution in [0.4, 0.5) is 17.1 Å². The average molecular weight is 790 g/mol. The lowest BCUT2D eigenvalue weighted by Crippen LogP contribution is -2.10. The molecular formula is C60H39NO. The maximum Gasteiger partial charge on any atom is 0.143 e. The molecule has 0 amide bonds. The second-order valence-electron chi connectivity index (χ2n) is 16.1. The predicted octanol–water partition coefficient (Wildman–Crippen LogP) is 17.2. The van der Waals surface area contributed by atoms with E-state index in [1.54, 1.807) is 0 Å². The normalized spacial score (nSPS) is 11.5. The first-order valence-corrected chi connectivity index (χ1v) is 21.2. The smallest absolute Gasteiger partial charge is 0.143 e. The number of nitrogens with zero attached hydrogens (tertiary/aromatic N) is 1. The van der Waals surface area contributed by atoms with Crippen molar-refractivity contribution in [1.29, 1.82) is 0 Å². The first kappa shape index (κ1) is 35.7. The minimum Gasteiger partial charge on any atom is -0.455 e. The molecule has 0 saturated heterocycles. The highest BCUT2D eigenvalue weighted by atomic mass is 16.3. The van der Waals surface area contributed by atoms with Crippen LogP contribution in [0.2, 0.25) is 0 Å². The maximum atomic E-state index is 6.62. The molecule has 0 aliphatic heterocycles. The number of benzene rings is 11. The summed E-state index contributed by atoms with van der Waals surface area (Å²) >= 11 is 0. The van der Waals surface area contributed by atoms with Crippen molar-refractivity contribution in [3.8, 4) is 44.5 Å². The fourth-order valence-corrected chi connectivity index (χ4v) is 9.39. The third-order valence-electron chi connectivity index (χ3n) is 12.4. The molecule has 62 heavy (non-hydrogen) atoms. The Morgan fingerprint density at radius 1 is 0.274 bits per heavy atom. The Morgan fingerprint density at radius 2 is 0.806 bits per heavy atom. The highest BCUT2D eigenvalue weighted by Crippen LogP contribution is 2.43. The van der Waals surface area contributed by atoms with Crippen molar-refractivity contribution < 1.29 is 4.42 Å². The van der Waals surface area contributed by atoms with E-state index < -0.39 is 0 Å². The molecule has 0 radical (unpaired) electrons. The molecule has 0 N–H and O–H groups in total. The van der Waals surface area contributed by atoms with Crippen molar-refractivity contribution in [2.45, 2.75) is 0 Å². The van der Waals surface area contributed by atoms with E-state index in [4.69, 9.17) is 4.42 Å². The number of anilines is 3. The Balaban J connectivity index is 0.981. The minimum atomic E-state index is 0.888. The highest BCUT2D eigenvalue weighted by molar-refractivity contribution is 6.19. The summed E-state index contributed by atoms with van der Waals surface area (Å²) < 4.78 is 6.62. The Kier molecular flexibility index (Phi) is 8.53. The van der Waals surface area contributed by atoms with Gasteiger partial charge in [0.25, 0.3) is 0 Å². The largest absolute Gasteiger partial charge is 0.455 e. The van der Waals surface area contributed by atoms with Crippen molar-refractivity contribution in [3.05, 3.63) is 237 Å². The van der Waals surface area contributed by atoms with Crippen LogP contribution in [0.15, 0.2) is 241 Å². The van der Waals surface area contributed by atoms with Gasteiger partial charge in [0.2, 0.25) is 0 Å². The van der Waals surface area contributed by atoms with Crippen molar-refractivity contribution in [2.75, 3.05) is 4.90 Å². The van der Waals surface area contributed by atoms with Crippen molar-refractivity contribution in [1.82, 2.24) is 0 Å². The molecule has 0 saturated carbocycles. The van der Waals surface area contributed by atoms with Gasteiger partial charge in [-0.05, 0) is 132 Å². The zero-order valence-electron chi connectivity index (χ0n) is 33.9. The molecule has 0 bridgehead atoms. The van der Waals surface area contributed by atoms with Gasteiger partial charge in [0.15, 0.2) is 0 Å². The second kappa shape index (κ2) is 14.8. The van der Waals surface area contributed by atoms with Gasteiger partial charge in [0.1, 0.15) is 11.2 Å². The van der Waals surface area contributed by atoms with Gasteiger partial charge >= 0.3 is 0 Å². The Hall–Kier alpha value is -8.20. The van der Waals surface area contributed by atoms with Crippen LogP contribution in [-0.4, -0.2) is 0 Å². The number of hydrogen-bond acceptors (Lipinski definition) is 2. The van der Waals surface area contributed by atoms with Gasteiger partial charge in [-0.25, -0.2) is 0 Å². The molecule has 290 valence electrons. The van der Waals surface area contributed by atoms with E-state index in [-0.39, 0.29) is 0 Å². The van der Waals surface area contributed by atoms with Crippen LogP contribution in [-0.2, 0) is 0 Å². The van der Waals surface area contributed by atoms with Crippen LogP contribution < -0.4 is 4.90 Å². The molecule has 11 aromatic carbocycles. The van der Waals surface area contributed by atoms with Gasteiger partial charge < -0.3 is 9.32 Å². The van der Waals surface area contributed by atoms with E-state index in [0.29, 0.717) is 0 Å². The number of fused-ring (bicyclic) bond motifs is 7. The molecule has 2 heteroatoms. The lowest BCUT2D eigenvalue weighted by molar-refractivity contribution is 0.673. The van der Waals surface area contributed by atoms with Gasteiger partial charge in [0.05, 0.1) is 0 Å². The molecule has 2 nitrogen and oxygen atoms in total. The summed E-state index contributed by atoms with van der Waals surface area (Å²) in [5, 5.41) is 9.52. The van der Waals surface area contributed by atoms with Gasteiger partial charge in [0, 0.05) is 33.2 Å². The molecule has 0 unspecified atom stereocenters. The Morgan fingerprint density at radius 3 is 1.60 bits per heavy atom. The SMILES string of the molecule is c1cc(-c2ccc(N(c3cccc(-c4cccc5ccccc45)c3)c3cccc(-c4cccc5oc6c7ccccc7ccc6c45)c3)cc2)cc(-c2ccc3ccccc3c2)c1. The standard InChI is InChI=1S/C60H39NO/c1-2-15-44-37-47(29-28-40(44)12-1)46-18-7-17-45(36-46)41-30-33-50(34-31-41)61(51-21-8-19-48(38-51)54-25-10-16-42-13-3-5-23-53(42)54)52-22-9-20-49(39-52)55-26-11-27-58-59(55)57-35-32-43-14-4-6-24-56(43)60(57)62-58/h1-39H. The Labute approximate surface area is 360 Å². The Bertz CT molecular complexity index is 3650. The highest BCUT2D eigenvalue weighted by Gasteiger charge is 2.19. The van der Waals surface area contributed by atoms with E-state index in [1.807, 2.05) is 0 Å². The first-order valence-electron chi connectivity index (χ1n) is 21.2. The van der Waals surface area contributed by atoms with Crippen molar-refractivity contribution >= 4 is 71.3 Å². The zero-order valence-corrected chi connectivity index (χ0v) is 33.9. The topological polar surface area (TPSA) is 16.4 Å². The quantitative estimate of drug-likeness (QED) is 0.160. The van der Waals surface area contributed by atoms with Crippen LogP contribution in [0.1, 0.15) is 0 Å². The third kappa shape index (κ3) is 6.20. The molecule has 0 fully saturated rings. The minimum absolute atomic E-state index is 0.888. The molecule has 0 spiro atoms. The lowest BCUT2D eigenvalue weighted by Gasteiger charge is -2.27. The third-order valence-corrected chi connectivity index (χ3v) is 12.4. The van der Waals surface area contributed by atoms with Crippen LogP contribution in [0.25, 0.3) is 98.8 Å². The molecule has 1 aromatic heterocycles. The van der Waals surface area contributed by atoms with E-state index in [2.05, 4.69) is 241 Å². The summed E-state index contributed by atoms with van der Waals surface area (Å²) in [7, 11) is 0. The molecule has 0 atom stereocenters. The number of hydrogen-bond donors (Lipinski definition) is 0. The summed E-state index contributed by atoms with van der Waals surface area (Å²) in [5.41, 5.74) is 14.5. The molecule has 1 heterocycles. The predicted molar refractivity (Wildman–Crippen MR) is 263 cm³/mol. The number of furan rings is 1. The second-order valence-corrected chi connectivity index (χ2v) is 16.1. The molecule has 0 aliphatic carbocycles. The van der Waals surface area contributed by atoms with Crippen molar-refractivity contribution in [2.24, 2.45) is 0 Å². The zero-order chi connectivity index (χ0) is 41.0. The maximum absolute atomic E-state index is 6.62. The molecule has 12 rings (SSSR count). The molecule has 12 aromatic rings. The molecular weight excluding hydrogens is 751 g/mol. The van der Waals surface area contributed by atoms with Crippen LogP contribution in [0, 0.1) is 0 Å². The van der Waals surface area contributed by atoms with E-state index in [1.165, 1.54) is 60.3 Å². The summed E-state index contributed by atoms with van der Waals surface area (Å²) in [5.74, 6) is 0. The van der Waals surface area contributed by atoms with E-state index in [0.717, 1.165) is 55.5 Å². The van der Waals surface area contributed by atoms with Crippen LogP contribution in [0.5, 0.6) is 0 Å². The fourth-order valence-electron chi connectivity index (χ4n) is 9.39. The number of rotatable bonds is 7. The monoisotopic (exact) mass is 789 g/mol. The van der Waals surface area contributed by atoms with Gasteiger partial charge in [-0.1, -0.05) is 176 Å². The van der Waals surface area contributed by atoms with Gasteiger partial charge in [-0.2, -0.15) is 0 Å². The van der Waals surface area contributed by atoms with Gasteiger partial charge in [-0.3, -0.25) is 0 Å². The van der Waals surface area contributed by atoms with E-state index in [9.17, 15) is 0 Å². The fraction of sp³-hybridized carbons (Fsp3) is 0. The molecule has 0 aliphatic rings. The summed E-state index contributed by atoms with van der Waals surface area (Å²) in [6, 6.07) is 85.5.